The highest BCUT2D eigenvalue weighted by atomic mass is 19.1. The Bertz CT molecular complexity index is 1210. The predicted octanol–water partition coefficient (Wildman–Crippen LogP) is 7.65. The van der Waals surface area contributed by atoms with Crippen LogP contribution in [0.15, 0.2) is 53.1 Å². The zero-order chi connectivity index (χ0) is 20.2. The molecule has 0 amide bonds. The number of nitrogens with zero attached hydrogens (tertiary/aromatic N) is 1. The van der Waals surface area contributed by atoms with E-state index in [2.05, 4.69) is 49.4 Å². The van der Waals surface area contributed by atoms with Crippen LogP contribution in [0.3, 0.4) is 0 Å². The van der Waals surface area contributed by atoms with Crippen molar-refractivity contribution in [3.63, 3.8) is 0 Å². The van der Waals surface area contributed by atoms with Crippen molar-refractivity contribution in [1.29, 1.82) is 0 Å². The highest BCUT2D eigenvalue weighted by molar-refractivity contribution is 6.02. The minimum absolute atomic E-state index is 0.443. The van der Waals surface area contributed by atoms with Crippen molar-refractivity contribution >= 4 is 21.7 Å². The Kier molecular flexibility index (Phi) is 4.23. The highest BCUT2D eigenvalue weighted by Gasteiger charge is 2.31. The first-order valence-electron chi connectivity index (χ1n) is 10.5. The van der Waals surface area contributed by atoms with Crippen molar-refractivity contribution in [2.24, 2.45) is 0 Å². The zero-order valence-corrected chi connectivity index (χ0v) is 17.3. The van der Waals surface area contributed by atoms with Gasteiger partial charge >= 0.3 is 0 Å². The Labute approximate surface area is 170 Å². The summed E-state index contributed by atoms with van der Waals surface area (Å²) in [5, 5.41) is 3.42. The number of rotatable bonds is 2. The molecule has 2 nitrogen and oxygen atoms in total. The third-order valence-corrected chi connectivity index (χ3v) is 6.43. The monoisotopic (exact) mass is 387 g/mol. The lowest BCUT2D eigenvalue weighted by Gasteiger charge is -2.31. The largest absolute Gasteiger partial charge is 0.461 e. The molecule has 2 aromatic heterocycles. The lowest BCUT2D eigenvalue weighted by atomic mass is 9.77. The zero-order valence-electron chi connectivity index (χ0n) is 17.3. The van der Waals surface area contributed by atoms with Crippen LogP contribution in [0.25, 0.3) is 33.0 Å². The summed E-state index contributed by atoms with van der Waals surface area (Å²) in [6.07, 6.45) is 5.01. The first kappa shape index (κ1) is 18.4. The lowest BCUT2D eigenvalue weighted by Crippen LogP contribution is -2.25. The summed E-state index contributed by atoms with van der Waals surface area (Å²) in [6.45, 7) is 5.82. The van der Waals surface area contributed by atoms with E-state index < -0.39 is 5.67 Å². The van der Waals surface area contributed by atoms with Crippen molar-refractivity contribution < 1.29 is 8.81 Å². The number of fused-ring (bicyclic) bond motifs is 2. The molecule has 1 saturated carbocycles. The van der Waals surface area contributed by atoms with Gasteiger partial charge in [0.05, 0.1) is 5.69 Å². The van der Waals surface area contributed by atoms with Crippen LogP contribution in [0.5, 0.6) is 0 Å². The average molecular weight is 387 g/mol. The van der Waals surface area contributed by atoms with E-state index in [1.165, 1.54) is 16.5 Å². The van der Waals surface area contributed by atoms with Gasteiger partial charge in [0.15, 0.2) is 0 Å². The van der Waals surface area contributed by atoms with Gasteiger partial charge in [-0.05, 0) is 93.2 Å². The molecule has 1 aliphatic rings. The maximum atomic E-state index is 14.2. The number of hydrogen-bond donors (Lipinski definition) is 0. The van der Waals surface area contributed by atoms with Crippen LogP contribution < -0.4 is 0 Å². The molecule has 0 unspecified atom stereocenters. The van der Waals surface area contributed by atoms with Crippen molar-refractivity contribution in [3.05, 3.63) is 65.5 Å². The van der Waals surface area contributed by atoms with E-state index in [0.717, 1.165) is 46.2 Å². The van der Waals surface area contributed by atoms with Crippen LogP contribution in [-0.2, 0) is 0 Å². The Morgan fingerprint density at radius 1 is 1.00 bits per heavy atom. The first-order valence-corrected chi connectivity index (χ1v) is 10.5. The summed E-state index contributed by atoms with van der Waals surface area (Å²) in [4.78, 5) is 4.73. The summed E-state index contributed by atoms with van der Waals surface area (Å²) in [6, 6.07) is 15.1. The Morgan fingerprint density at radius 2 is 1.79 bits per heavy atom. The smallest absolute Gasteiger partial charge is 0.143 e. The van der Waals surface area contributed by atoms with Crippen LogP contribution in [0.1, 0.15) is 55.4 Å². The molecule has 29 heavy (non-hydrogen) atoms. The van der Waals surface area contributed by atoms with Crippen molar-refractivity contribution in [1.82, 2.24) is 4.98 Å². The van der Waals surface area contributed by atoms with E-state index in [0.29, 0.717) is 18.8 Å². The van der Waals surface area contributed by atoms with Gasteiger partial charge in [0.2, 0.25) is 0 Å². The molecule has 4 aromatic rings. The molecular formula is C26H26FNO. The number of hydrogen-bond acceptors (Lipinski definition) is 2. The second-order valence-corrected chi connectivity index (χ2v) is 8.92. The summed E-state index contributed by atoms with van der Waals surface area (Å²) >= 11 is 0. The molecule has 0 spiro atoms. The number of benzene rings is 2. The van der Waals surface area contributed by atoms with Crippen molar-refractivity contribution in [2.75, 3.05) is 0 Å². The van der Waals surface area contributed by atoms with E-state index in [1.807, 2.05) is 13.1 Å². The maximum absolute atomic E-state index is 14.2. The van der Waals surface area contributed by atoms with Gasteiger partial charge in [-0.3, -0.25) is 4.98 Å². The second-order valence-electron chi connectivity index (χ2n) is 8.92. The van der Waals surface area contributed by atoms with E-state index >= 15 is 0 Å². The van der Waals surface area contributed by atoms with Crippen LogP contribution in [0.2, 0.25) is 0 Å². The van der Waals surface area contributed by atoms with Gasteiger partial charge in [-0.1, -0.05) is 18.2 Å². The number of furan rings is 1. The third kappa shape index (κ3) is 3.33. The number of halogens is 1. The first-order chi connectivity index (χ1) is 13.9. The number of pyridine rings is 1. The molecular weight excluding hydrogens is 361 g/mol. The Morgan fingerprint density at radius 3 is 2.59 bits per heavy atom. The number of alkyl halides is 1. The molecule has 1 fully saturated rings. The lowest BCUT2D eigenvalue weighted by molar-refractivity contribution is 0.120. The molecule has 0 aliphatic heterocycles. The summed E-state index contributed by atoms with van der Waals surface area (Å²) in [5.74, 6) is 1.35. The molecule has 148 valence electrons. The van der Waals surface area contributed by atoms with Crippen molar-refractivity contribution in [2.45, 2.75) is 58.0 Å². The van der Waals surface area contributed by atoms with Gasteiger partial charge in [0, 0.05) is 22.5 Å². The summed E-state index contributed by atoms with van der Waals surface area (Å²) in [5.41, 5.74) is 4.40. The Balaban J connectivity index is 1.60. The SMILES string of the molecule is Cc1cc(-c2nccc3cc(C4CCC(C)(F)CC4)ccc23)c2oc(C)cc2c1. The van der Waals surface area contributed by atoms with Crippen LogP contribution in [0, 0.1) is 13.8 Å². The van der Waals surface area contributed by atoms with Crippen LogP contribution >= 0.6 is 0 Å². The standard InChI is InChI=1S/C26H26FNO/c1-16-12-21-14-17(2)29-25(21)23(13-16)24-22-5-4-19(15-20(22)8-11-28-24)18-6-9-26(3,27)10-7-18/h4-5,8,11-15,18H,6-7,9-10H2,1-3H3. The topological polar surface area (TPSA) is 26.0 Å². The normalized spacial score (nSPS) is 22.4. The highest BCUT2D eigenvalue weighted by Crippen LogP contribution is 2.41. The minimum Gasteiger partial charge on any atom is -0.461 e. The fraction of sp³-hybridized carbons (Fsp3) is 0.346. The van der Waals surface area contributed by atoms with Gasteiger partial charge in [0.1, 0.15) is 17.0 Å². The summed E-state index contributed by atoms with van der Waals surface area (Å²) in [7, 11) is 0. The molecule has 5 rings (SSSR count). The predicted molar refractivity (Wildman–Crippen MR) is 117 cm³/mol. The van der Waals surface area contributed by atoms with E-state index in [4.69, 9.17) is 9.40 Å². The molecule has 0 saturated heterocycles. The molecule has 2 heterocycles. The van der Waals surface area contributed by atoms with Gasteiger partial charge in [-0.2, -0.15) is 0 Å². The van der Waals surface area contributed by atoms with Gasteiger partial charge in [-0.15, -0.1) is 0 Å². The van der Waals surface area contributed by atoms with Crippen LogP contribution in [0.4, 0.5) is 4.39 Å². The quantitative estimate of drug-likeness (QED) is 0.353. The van der Waals surface area contributed by atoms with E-state index in [9.17, 15) is 4.39 Å². The fourth-order valence-electron chi connectivity index (χ4n) is 4.83. The molecule has 0 radical (unpaired) electrons. The molecule has 0 N–H and O–H groups in total. The molecule has 2 aromatic carbocycles. The molecule has 0 atom stereocenters. The average Bonchev–Trinajstić information content (AvgIpc) is 3.06. The molecule has 1 aliphatic carbocycles. The summed E-state index contributed by atoms with van der Waals surface area (Å²) < 4.78 is 20.2. The van der Waals surface area contributed by atoms with Gasteiger partial charge < -0.3 is 4.42 Å². The minimum atomic E-state index is -0.998. The maximum Gasteiger partial charge on any atom is 0.143 e. The fourth-order valence-corrected chi connectivity index (χ4v) is 4.83. The Hall–Kier alpha value is -2.68. The van der Waals surface area contributed by atoms with Crippen molar-refractivity contribution in [3.8, 4) is 11.3 Å². The number of aryl methyl sites for hydroxylation is 2. The third-order valence-electron chi connectivity index (χ3n) is 6.43. The van der Waals surface area contributed by atoms with Crippen LogP contribution in [-0.4, -0.2) is 10.7 Å². The molecule has 3 heteroatoms. The van der Waals surface area contributed by atoms with E-state index in [-0.39, 0.29) is 0 Å². The van der Waals surface area contributed by atoms with Gasteiger partial charge in [-0.25, -0.2) is 4.39 Å². The van der Waals surface area contributed by atoms with Gasteiger partial charge in [0.25, 0.3) is 0 Å². The van der Waals surface area contributed by atoms with E-state index in [1.54, 1.807) is 6.92 Å². The number of aromatic nitrogens is 1. The molecule has 0 bridgehead atoms. The second kappa shape index (κ2) is 6.69.